The third-order valence-electron chi connectivity index (χ3n) is 4.27. The second kappa shape index (κ2) is 8.20. The first kappa shape index (κ1) is 18.9. The van der Waals surface area contributed by atoms with Crippen molar-refractivity contribution in [3.05, 3.63) is 51.8 Å². The first-order chi connectivity index (χ1) is 12.4. The van der Waals surface area contributed by atoms with Crippen molar-refractivity contribution in [2.45, 2.75) is 32.5 Å². The summed E-state index contributed by atoms with van der Waals surface area (Å²) in [7, 11) is 0. The lowest BCUT2D eigenvalue weighted by Gasteiger charge is -2.31. The van der Waals surface area contributed by atoms with E-state index in [2.05, 4.69) is 5.10 Å². The number of ketones is 1. The largest absolute Gasteiger partial charge is 0.373 e. The van der Waals surface area contributed by atoms with Crippen molar-refractivity contribution < 1.29 is 14.3 Å². The Kier molecular flexibility index (Phi) is 5.96. The Balaban J connectivity index is 1.50. The summed E-state index contributed by atoms with van der Waals surface area (Å²) in [6, 6.07) is 6.67. The summed E-state index contributed by atoms with van der Waals surface area (Å²) in [5, 5.41) is 5.18. The Morgan fingerprint density at radius 2 is 1.85 bits per heavy atom. The molecule has 1 aromatic carbocycles. The molecule has 1 aromatic heterocycles. The molecule has 0 aliphatic carbocycles. The second-order valence-corrected chi connectivity index (χ2v) is 7.13. The van der Waals surface area contributed by atoms with Gasteiger partial charge in [-0.05, 0) is 42.7 Å². The maximum Gasteiger partial charge on any atom is 0.344 e. The van der Waals surface area contributed by atoms with Gasteiger partial charge in [0.25, 0.3) is 0 Å². The van der Waals surface area contributed by atoms with Crippen molar-refractivity contribution in [3.8, 4) is 0 Å². The number of halogens is 2. The van der Waals surface area contributed by atoms with Gasteiger partial charge in [0.1, 0.15) is 5.69 Å². The highest BCUT2D eigenvalue weighted by atomic mass is 35.5. The summed E-state index contributed by atoms with van der Waals surface area (Å²) in [6.45, 7) is 3.01. The lowest BCUT2D eigenvalue weighted by Crippen LogP contribution is -2.43. The van der Waals surface area contributed by atoms with E-state index in [9.17, 15) is 9.59 Å². The van der Waals surface area contributed by atoms with Crippen molar-refractivity contribution >= 4 is 35.0 Å². The smallest absolute Gasteiger partial charge is 0.344 e. The van der Waals surface area contributed by atoms with Gasteiger partial charge in [0.15, 0.2) is 5.78 Å². The molecule has 0 unspecified atom stereocenters. The minimum atomic E-state index is -0.224. The number of rotatable bonds is 4. The van der Waals surface area contributed by atoms with E-state index >= 15 is 0 Å². The Hall–Kier alpha value is -1.89. The molecule has 1 fully saturated rings. The van der Waals surface area contributed by atoms with Gasteiger partial charge in [-0.2, -0.15) is 9.78 Å². The number of Topliss-reactive ketones (excluding diaryl/α,β-unsaturated/α-hetero) is 1. The lowest BCUT2D eigenvalue weighted by molar-refractivity contribution is 0.00436. The highest BCUT2D eigenvalue weighted by molar-refractivity contribution is 6.34. The van der Waals surface area contributed by atoms with Gasteiger partial charge >= 0.3 is 6.03 Å². The molecule has 1 amide bonds. The monoisotopic (exact) mass is 395 g/mol. The standard InChI is InChI=1S/C18H19Cl2N3O3/c1-12(24)17-4-7-23(21-17)18(25)22-5-2-16(3-6-22)26-11-13-8-14(19)10-15(20)9-13/h4,7-10,16H,2-3,5-6,11H2,1H3. The highest BCUT2D eigenvalue weighted by Crippen LogP contribution is 2.21. The Bertz CT molecular complexity index is 794. The number of nitrogens with zero attached hydrogens (tertiary/aromatic N) is 3. The zero-order chi connectivity index (χ0) is 18.7. The molecule has 0 bridgehead atoms. The summed E-state index contributed by atoms with van der Waals surface area (Å²) >= 11 is 12.0. The van der Waals surface area contributed by atoms with E-state index in [1.54, 1.807) is 17.0 Å². The molecule has 2 aromatic rings. The number of likely N-dealkylation sites (tertiary alicyclic amines) is 1. The maximum absolute atomic E-state index is 12.4. The van der Waals surface area contributed by atoms with Crippen molar-refractivity contribution in [2.75, 3.05) is 13.1 Å². The number of carbonyl (C=O) groups is 2. The number of hydrogen-bond donors (Lipinski definition) is 0. The van der Waals surface area contributed by atoms with Gasteiger partial charge in [0.05, 0.1) is 12.7 Å². The van der Waals surface area contributed by atoms with E-state index in [-0.39, 0.29) is 23.6 Å². The minimum Gasteiger partial charge on any atom is -0.373 e. The number of benzene rings is 1. The van der Waals surface area contributed by atoms with Crippen LogP contribution < -0.4 is 0 Å². The number of piperidine rings is 1. The predicted molar refractivity (Wildman–Crippen MR) is 98.9 cm³/mol. The van der Waals surface area contributed by atoms with Gasteiger partial charge in [0, 0.05) is 36.3 Å². The lowest BCUT2D eigenvalue weighted by atomic mass is 10.1. The van der Waals surface area contributed by atoms with Crippen LogP contribution in [0, 0.1) is 0 Å². The van der Waals surface area contributed by atoms with E-state index in [1.165, 1.54) is 17.8 Å². The zero-order valence-electron chi connectivity index (χ0n) is 14.3. The van der Waals surface area contributed by atoms with E-state index in [0.717, 1.165) is 18.4 Å². The van der Waals surface area contributed by atoms with Crippen LogP contribution in [0.3, 0.4) is 0 Å². The molecule has 0 radical (unpaired) electrons. The van der Waals surface area contributed by atoms with Gasteiger partial charge in [-0.25, -0.2) is 4.79 Å². The maximum atomic E-state index is 12.4. The van der Waals surface area contributed by atoms with Gasteiger partial charge < -0.3 is 9.64 Å². The highest BCUT2D eigenvalue weighted by Gasteiger charge is 2.25. The van der Waals surface area contributed by atoms with Gasteiger partial charge in [-0.15, -0.1) is 0 Å². The number of ether oxygens (including phenoxy) is 1. The van der Waals surface area contributed by atoms with Crippen LogP contribution in [0.4, 0.5) is 4.79 Å². The van der Waals surface area contributed by atoms with Crippen LogP contribution in [0.1, 0.15) is 35.8 Å². The van der Waals surface area contributed by atoms with Gasteiger partial charge in [-0.1, -0.05) is 23.2 Å². The van der Waals surface area contributed by atoms with Crippen LogP contribution >= 0.6 is 23.2 Å². The Morgan fingerprint density at radius 3 is 2.42 bits per heavy atom. The first-order valence-electron chi connectivity index (χ1n) is 8.35. The zero-order valence-corrected chi connectivity index (χ0v) is 15.8. The van der Waals surface area contributed by atoms with Crippen LogP contribution in [0.2, 0.25) is 10.0 Å². The molecule has 6 nitrogen and oxygen atoms in total. The van der Waals surface area contributed by atoms with Crippen molar-refractivity contribution in [1.82, 2.24) is 14.7 Å². The Labute approximate surface area is 161 Å². The van der Waals surface area contributed by atoms with Crippen LogP contribution in [-0.4, -0.2) is 45.7 Å². The molecule has 1 saturated heterocycles. The molecule has 2 heterocycles. The van der Waals surface area contributed by atoms with E-state index in [0.29, 0.717) is 29.7 Å². The topological polar surface area (TPSA) is 64.4 Å². The summed E-state index contributed by atoms with van der Waals surface area (Å²) < 4.78 is 7.14. The molecule has 138 valence electrons. The molecular formula is C18H19Cl2N3O3. The quantitative estimate of drug-likeness (QED) is 0.732. The van der Waals surface area contributed by atoms with E-state index < -0.39 is 0 Å². The first-order valence-corrected chi connectivity index (χ1v) is 9.10. The van der Waals surface area contributed by atoms with Crippen LogP contribution in [0.25, 0.3) is 0 Å². The second-order valence-electron chi connectivity index (χ2n) is 6.26. The summed E-state index contributed by atoms with van der Waals surface area (Å²) in [4.78, 5) is 25.5. The van der Waals surface area contributed by atoms with Crippen LogP contribution in [0.15, 0.2) is 30.5 Å². The van der Waals surface area contributed by atoms with Crippen LogP contribution in [0.5, 0.6) is 0 Å². The molecule has 0 N–H and O–H groups in total. The molecule has 0 atom stereocenters. The normalized spacial score (nSPS) is 15.3. The average molecular weight is 396 g/mol. The fourth-order valence-corrected chi connectivity index (χ4v) is 3.46. The van der Waals surface area contributed by atoms with E-state index in [1.807, 2.05) is 12.1 Å². The van der Waals surface area contributed by atoms with Gasteiger partial charge in [-0.3, -0.25) is 4.79 Å². The third kappa shape index (κ3) is 4.63. The number of carbonyl (C=O) groups excluding carboxylic acids is 2. The molecule has 1 aliphatic rings. The van der Waals surface area contributed by atoms with Crippen molar-refractivity contribution in [2.24, 2.45) is 0 Å². The molecule has 26 heavy (non-hydrogen) atoms. The van der Waals surface area contributed by atoms with Crippen molar-refractivity contribution in [1.29, 1.82) is 0 Å². The predicted octanol–water partition coefficient (Wildman–Crippen LogP) is 4.04. The Morgan fingerprint density at radius 1 is 1.19 bits per heavy atom. The van der Waals surface area contributed by atoms with E-state index in [4.69, 9.17) is 27.9 Å². The number of aromatic nitrogens is 2. The average Bonchev–Trinajstić information content (AvgIpc) is 3.09. The van der Waals surface area contributed by atoms with Crippen LogP contribution in [-0.2, 0) is 11.3 Å². The fourth-order valence-electron chi connectivity index (χ4n) is 2.89. The SMILES string of the molecule is CC(=O)c1ccn(C(=O)N2CCC(OCc3cc(Cl)cc(Cl)c3)CC2)n1. The molecule has 3 rings (SSSR count). The molecule has 0 spiro atoms. The minimum absolute atomic E-state index is 0.0715. The summed E-state index contributed by atoms with van der Waals surface area (Å²) in [5.41, 5.74) is 1.21. The number of amides is 1. The summed E-state index contributed by atoms with van der Waals surface area (Å²) in [6.07, 6.45) is 3.06. The molecule has 1 aliphatic heterocycles. The summed E-state index contributed by atoms with van der Waals surface area (Å²) in [5.74, 6) is -0.162. The fraction of sp³-hybridized carbons (Fsp3) is 0.389. The molecular weight excluding hydrogens is 377 g/mol. The third-order valence-corrected chi connectivity index (χ3v) is 4.70. The molecule has 0 saturated carbocycles. The number of hydrogen-bond acceptors (Lipinski definition) is 4. The van der Waals surface area contributed by atoms with Gasteiger partial charge in [0.2, 0.25) is 0 Å². The van der Waals surface area contributed by atoms with Crippen molar-refractivity contribution in [3.63, 3.8) is 0 Å². The molecule has 8 heteroatoms.